The fourth-order valence-electron chi connectivity index (χ4n) is 1.25. The van der Waals surface area contributed by atoms with Gasteiger partial charge < -0.3 is 10.1 Å². The van der Waals surface area contributed by atoms with Gasteiger partial charge in [0.05, 0.1) is 0 Å². The molecule has 2 aromatic rings. The number of rotatable bonds is 6. The van der Waals surface area contributed by atoms with E-state index in [9.17, 15) is 0 Å². The van der Waals surface area contributed by atoms with Crippen LogP contribution in [0.2, 0.25) is 0 Å². The van der Waals surface area contributed by atoms with Gasteiger partial charge in [-0.3, -0.25) is 5.10 Å². The molecule has 0 radical (unpaired) electrons. The van der Waals surface area contributed by atoms with Crippen molar-refractivity contribution in [1.82, 2.24) is 25.1 Å². The molecule has 18 heavy (non-hydrogen) atoms. The molecule has 2 N–H and O–H groups in total. The quantitative estimate of drug-likeness (QED) is 0.762. The van der Waals surface area contributed by atoms with Gasteiger partial charge in [0.15, 0.2) is 11.0 Å². The highest BCUT2D eigenvalue weighted by atomic mass is 32.2. The summed E-state index contributed by atoms with van der Waals surface area (Å²) in [5, 5.41) is 11.1. The standard InChI is InChI=1S/C10H14N6OS/c1-3-17-5-8-14-7(11-2)4-9(15-8)18-10-12-6-13-16-10/h4,6H,3,5H2,1-2H3,(H,11,14,15)(H,12,13,16). The zero-order valence-corrected chi connectivity index (χ0v) is 11.0. The van der Waals surface area contributed by atoms with Crippen molar-refractivity contribution >= 4 is 17.6 Å². The molecule has 0 aliphatic heterocycles. The van der Waals surface area contributed by atoms with E-state index in [0.29, 0.717) is 24.2 Å². The van der Waals surface area contributed by atoms with Crippen molar-refractivity contribution in [2.24, 2.45) is 0 Å². The summed E-state index contributed by atoms with van der Waals surface area (Å²) in [6, 6.07) is 1.85. The minimum Gasteiger partial charge on any atom is -0.374 e. The van der Waals surface area contributed by atoms with Gasteiger partial charge in [0.25, 0.3) is 0 Å². The van der Waals surface area contributed by atoms with Crippen LogP contribution in [0.15, 0.2) is 22.6 Å². The minimum absolute atomic E-state index is 0.399. The van der Waals surface area contributed by atoms with Gasteiger partial charge in [-0.05, 0) is 18.7 Å². The summed E-state index contributed by atoms with van der Waals surface area (Å²) in [5.41, 5.74) is 0. The highest BCUT2D eigenvalue weighted by Crippen LogP contribution is 2.23. The first-order chi connectivity index (χ1) is 8.81. The molecule has 96 valence electrons. The number of hydrogen-bond acceptors (Lipinski definition) is 7. The number of aromatic amines is 1. The van der Waals surface area contributed by atoms with Gasteiger partial charge in [0.2, 0.25) is 0 Å². The second-order valence-electron chi connectivity index (χ2n) is 3.29. The Bertz CT molecular complexity index is 489. The molecule has 0 unspecified atom stereocenters. The molecule has 0 saturated carbocycles. The molecule has 0 spiro atoms. The van der Waals surface area contributed by atoms with Gasteiger partial charge in [-0.1, -0.05) is 0 Å². The van der Waals surface area contributed by atoms with Crippen molar-refractivity contribution in [3.63, 3.8) is 0 Å². The number of nitrogens with one attached hydrogen (secondary N) is 2. The van der Waals surface area contributed by atoms with E-state index in [-0.39, 0.29) is 0 Å². The third kappa shape index (κ3) is 3.41. The van der Waals surface area contributed by atoms with Crippen LogP contribution < -0.4 is 5.32 Å². The molecular weight excluding hydrogens is 252 g/mol. The normalized spacial score (nSPS) is 10.6. The average molecular weight is 266 g/mol. The molecule has 2 heterocycles. The maximum atomic E-state index is 5.31. The second kappa shape index (κ2) is 6.31. The largest absolute Gasteiger partial charge is 0.374 e. The van der Waals surface area contributed by atoms with Crippen LogP contribution in [-0.2, 0) is 11.3 Å². The average Bonchev–Trinajstić information content (AvgIpc) is 2.89. The van der Waals surface area contributed by atoms with E-state index in [1.165, 1.54) is 18.1 Å². The van der Waals surface area contributed by atoms with Crippen LogP contribution in [0, 0.1) is 0 Å². The maximum Gasteiger partial charge on any atom is 0.189 e. The van der Waals surface area contributed by atoms with Crippen molar-refractivity contribution in [2.75, 3.05) is 19.0 Å². The van der Waals surface area contributed by atoms with Crippen LogP contribution in [0.5, 0.6) is 0 Å². The SMILES string of the molecule is CCOCc1nc(NC)cc(Sc2ncn[nH]2)n1. The van der Waals surface area contributed by atoms with Crippen LogP contribution in [0.3, 0.4) is 0 Å². The third-order valence-corrected chi connectivity index (χ3v) is 2.84. The van der Waals surface area contributed by atoms with Crippen molar-refractivity contribution in [1.29, 1.82) is 0 Å². The first-order valence-electron chi connectivity index (χ1n) is 5.48. The minimum atomic E-state index is 0.399. The van der Waals surface area contributed by atoms with Gasteiger partial charge in [0, 0.05) is 19.7 Å². The van der Waals surface area contributed by atoms with E-state index < -0.39 is 0 Å². The van der Waals surface area contributed by atoms with E-state index >= 15 is 0 Å². The van der Waals surface area contributed by atoms with Gasteiger partial charge in [0.1, 0.15) is 23.8 Å². The number of H-pyrrole nitrogens is 1. The molecule has 2 rings (SSSR count). The summed E-state index contributed by atoms with van der Waals surface area (Å²) in [6.45, 7) is 2.97. The van der Waals surface area contributed by atoms with Crippen LogP contribution in [0.25, 0.3) is 0 Å². The molecule has 0 atom stereocenters. The number of nitrogens with zero attached hydrogens (tertiary/aromatic N) is 4. The van der Waals surface area contributed by atoms with E-state index in [1.54, 1.807) is 0 Å². The smallest absolute Gasteiger partial charge is 0.189 e. The number of ether oxygens (including phenoxy) is 1. The van der Waals surface area contributed by atoms with E-state index in [2.05, 4.69) is 30.5 Å². The Morgan fingerprint density at radius 1 is 1.44 bits per heavy atom. The molecule has 0 amide bonds. The Morgan fingerprint density at radius 2 is 2.33 bits per heavy atom. The highest BCUT2D eigenvalue weighted by Gasteiger charge is 2.07. The lowest BCUT2D eigenvalue weighted by molar-refractivity contribution is 0.128. The predicted octanol–water partition coefficient (Wildman–Crippen LogP) is 1.32. The lowest BCUT2D eigenvalue weighted by Crippen LogP contribution is -2.03. The maximum absolute atomic E-state index is 5.31. The third-order valence-electron chi connectivity index (χ3n) is 2.03. The van der Waals surface area contributed by atoms with Crippen LogP contribution in [0.4, 0.5) is 5.82 Å². The molecule has 0 aliphatic carbocycles. The van der Waals surface area contributed by atoms with Gasteiger partial charge in [-0.2, -0.15) is 5.10 Å². The summed E-state index contributed by atoms with van der Waals surface area (Å²) in [5.74, 6) is 1.40. The van der Waals surface area contributed by atoms with E-state index in [0.717, 1.165) is 10.8 Å². The predicted molar refractivity (Wildman–Crippen MR) is 67.4 cm³/mol. The Kier molecular flexibility index (Phi) is 4.48. The fourth-order valence-corrected chi connectivity index (χ4v) is 1.97. The van der Waals surface area contributed by atoms with E-state index in [1.807, 2.05) is 20.0 Å². The zero-order chi connectivity index (χ0) is 12.8. The molecular formula is C10H14N6OS. The van der Waals surface area contributed by atoms with Crippen molar-refractivity contribution in [3.05, 3.63) is 18.2 Å². The lowest BCUT2D eigenvalue weighted by atomic mass is 10.5. The first-order valence-corrected chi connectivity index (χ1v) is 6.30. The number of anilines is 1. The first kappa shape index (κ1) is 12.8. The van der Waals surface area contributed by atoms with Gasteiger partial charge in [-0.15, -0.1) is 0 Å². The topological polar surface area (TPSA) is 88.6 Å². The number of aromatic nitrogens is 5. The summed E-state index contributed by atoms with van der Waals surface area (Å²) in [7, 11) is 1.82. The van der Waals surface area contributed by atoms with Crippen LogP contribution >= 0.6 is 11.8 Å². The monoisotopic (exact) mass is 266 g/mol. The Balaban J connectivity index is 2.17. The Morgan fingerprint density at radius 3 is 3.00 bits per heavy atom. The Hall–Kier alpha value is -1.67. The Labute approximate surface area is 109 Å². The summed E-state index contributed by atoms with van der Waals surface area (Å²) in [6.07, 6.45) is 1.46. The van der Waals surface area contributed by atoms with E-state index in [4.69, 9.17) is 4.74 Å². The van der Waals surface area contributed by atoms with Gasteiger partial charge >= 0.3 is 0 Å². The second-order valence-corrected chi connectivity index (χ2v) is 4.30. The van der Waals surface area contributed by atoms with Crippen molar-refractivity contribution < 1.29 is 4.74 Å². The van der Waals surface area contributed by atoms with Crippen LogP contribution in [0.1, 0.15) is 12.7 Å². The molecule has 0 fully saturated rings. The van der Waals surface area contributed by atoms with Crippen LogP contribution in [-0.4, -0.2) is 38.8 Å². The summed E-state index contributed by atoms with van der Waals surface area (Å²) >= 11 is 1.40. The molecule has 7 nitrogen and oxygen atoms in total. The number of hydrogen-bond donors (Lipinski definition) is 2. The molecule has 2 aromatic heterocycles. The summed E-state index contributed by atoms with van der Waals surface area (Å²) in [4.78, 5) is 12.7. The zero-order valence-electron chi connectivity index (χ0n) is 10.2. The highest BCUT2D eigenvalue weighted by molar-refractivity contribution is 7.99. The molecule has 0 aliphatic rings. The molecule has 0 aromatic carbocycles. The van der Waals surface area contributed by atoms with Crippen molar-refractivity contribution in [2.45, 2.75) is 23.7 Å². The molecule has 0 bridgehead atoms. The fraction of sp³-hybridized carbons (Fsp3) is 0.400. The molecule has 8 heteroatoms. The van der Waals surface area contributed by atoms with Gasteiger partial charge in [-0.25, -0.2) is 15.0 Å². The van der Waals surface area contributed by atoms with Crippen molar-refractivity contribution in [3.8, 4) is 0 Å². The lowest BCUT2D eigenvalue weighted by Gasteiger charge is -2.06. The molecule has 0 saturated heterocycles. The summed E-state index contributed by atoms with van der Waals surface area (Å²) < 4.78 is 5.31.